The molecule has 0 saturated carbocycles. The standard InChI is InChI=1S/C22H18N4/c1-16-12-14-19(15-13-16)20(17-8-4-2-5-9-17)21(22-23-25-26-24-22)18-10-6-3-7-11-18/h2-15H,1H3,(H,23,24,25,26)/b21-20+. The summed E-state index contributed by atoms with van der Waals surface area (Å²) >= 11 is 0. The fourth-order valence-corrected chi connectivity index (χ4v) is 3.04. The number of aryl methyl sites for hydroxylation is 1. The second-order valence-electron chi connectivity index (χ2n) is 6.08. The Morgan fingerprint density at radius 2 is 1.19 bits per heavy atom. The zero-order chi connectivity index (χ0) is 17.8. The lowest BCUT2D eigenvalue weighted by molar-refractivity contribution is 0.881. The molecule has 4 rings (SSSR count). The Bertz CT molecular complexity index is 1000. The molecule has 126 valence electrons. The van der Waals surface area contributed by atoms with Gasteiger partial charge in [-0.2, -0.15) is 5.21 Å². The van der Waals surface area contributed by atoms with Crippen LogP contribution in [0.3, 0.4) is 0 Å². The van der Waals surface area contributed by atoms with E-state index in [0.717, 1.165) is 27.8 Å². The highest BCUT2D eigenvalue weighted by molar-refractivity contribution is 6.03. The molecule has 0 fully saturated rings. The normalized spacial score (nSPS) is 11.9. The van der Waals surface area contributed by atoms with Crippen molar-refractivity contribution < 1.29 is 0 Å². The van der Waals surface area contributed by atoms with Crippen molar-refractivity contribution in [2.45, 2.75) is 6.92 Å². The number of hydrogen-bond acceptors (Lipinski definition) is 3. The van der Waals surface area contributed by atoms with Crippen LogP contribution in [0.15, 0.2) is 84.9 Å². The van der Waals surface area contributed by atoms with Gasteiger partial charge in [0.1, 0.15) is 0 Å². The molecule has 0 spiro atoms. The van der Waals surface area contributed by atoms with Crippen molar-refractivity contribution in [3.63, 3.8) is 0 Å². The molecule has 4 heteroatoms. The van der Waals surface area contributed by atoms with E-state index in [1.165, 1.54) is 5.56 Å². The molecule has 1 N–H and O–H groups in total. The fourth-order valence-electron chi connectivity index (χ4n) is 3.04. The molecule has 0 saturated heterocycles. The van der Waals surface area contributed by atoms with Gasteiger partial charge < -0.3 is 0 Å². The number of aromatic nitrogens is 4. The number of benzene rings is 3. The van der Waals surface area contributed by atoms with Gasteiger partial charge in [-0.15, -0.1) is 10.2 Å². The van der Waals surface area contributed by atoms with Gasteiger partial charge >= 0.3 is 0 Å². The van der Waals surface area contributed by atoms with Gasteiger partial charge in [-0.25, -0.2) is 0 Å². The molecular weight excluding hydrogens is 320 g/mol. The second kappa shape index (κ2) is 7.15. The number of aromatic amines is 1. The van der Waals surface area contributed by atoms with Crippen LogP contribution >= 0.6 is 0 Å². The number of rotatable bonds is 4. The topological polar surface area (TPSA) is 54.5 Å². The first-order valence-corrected chi connectivity index (χ1v) is 8.49. The van der Waals surface area contributed by atoms with Gasteiger partial charge in [0.2, 0.25) is 5.82 Å². The van der Waals surface area contributed by atoms with Crippen molar-refractivity contribution in [1.29, 1.82) is 0 Å². The minimum atomic E-state index is 0.579. The summed E-state index contributed by atoms with van der Waals surface area (Å²) < 4.78 is 0. The molecule has 0 unspecified atom stereocenters. The highest BCUT2D eigenvalue weighted by atomic mass is 15.5. The van der Waals surface area contributed by atoms with Crippen LogP contribution in [0.5, 0.6) is 0 Å². The van der Waals surface area contributed by atoms with Gasteiger partial charge in [-0.05, 0) is 28.8 Å². The van der Waals surface area contributed by atoms with Gasteiger partial charge in [0.15, 0.2) is 0 Å². The van der Waals surface area contributed by atoms with Crippen molar-refractivity contribution in [2.75, 3.05) is 0 Å². The molecule has 4 aromatic rings. The molecule has 4 nitrogen and oxygen atoms in total. The summed E-state index contributed by atoms with van der Waals surface area (Å²) in [5.41, 5.74) is 6.54. The number of H-pyrrole nitrogens is 1. The average molecular weight is 338 g/mol. The van der Waals surface area contributed by atoms with E-state index >= 15 is 0 Å². The Morgan fingerprint density at radius 3 is 1.73 bits per heavy atom. The lowest BCUT2D eigenvalue weighted by Crippen LogP contribution is -1.99. The van der Waals surface area contributed by atoms with Gasteiger partial charge in [-0.1, -0.05) is 90.5 Å². The van der Waals surface area contributed by atoms with E-state index in [1.54, 1.807) is 0 Å². The zero-order valence-electron chi connectivity index (χ0n) is 14.4. The van der Waals surface area contributed by atoms with E-state index in [2.05, 4.69) is 76.1 Å². The smallest absolute Gasteiger partial charge is 0.177 e. The molecule has 26 heavy (non-hydrogen) atoms. The zero-order valence-corrected chi connectivity index (χ0v) is 14.4. The van der Waals surface area contributed by atoms with E-state index in [1.807, 2.05) is 36.4 Å². The van der Waals surface area contributed by atoms with E-state index in [0.29, 0.717) is 5.82 Å². The summed E-state index contributed by atoms with van der Waals surface area (Å²) in [7, 11) is 0. The minimum absolute atomic E-state index is 0.579. The quantitative estimate of drug-likeness (QED) is 0.557. The van der Waals surface area contributed by atoms with E-state index in [9.17, 15) is 0 Å². The van der Waals surface area contributed by atoms with E-state index in [4.69, 9.17) is 0 Å². The van der Waals surface area contributed by atoms with Crippen LogP contribution < -0.4 is 0 Å². The first kappa shape index (κ1) is 16.0. The Kier molecular flexibility index (Phi) is 4.39. The van der Waals surface area contributed by atoms with E-state index < -0.39 is 0 Å². The number of tetrazole rings is 1. The first-order valence-electron chi connectivity index (χ1n) is 8.49. The van der Waals surface area contributed by atoms with Crippen molar-refractivity contribution in [2.24, 2.45) is 0 Å². The van der Waals surface area contributed by atoms with Crippen LogP contribution in [0.1, 0.15) is 28.1 Å². The summed E-state index contributed by atoms with van der Waals surface area (Å²) in [6.45, 7) is 2.09. The molecule has 1 aromatic heterocycles. The van der Waals surface area contributed by atoms with Crippen LogP contribution in [-0.2, 0) is 0 Å². The molecule has 0 amide bonds. The molecular formula is C22H18N4. The molecule has 1 heterocycles. The Morgan fingerprint density at radius 1 is 0.654 bits per heavy atom. The highest BCUT2D eigenvalue weighted by Crippen LogP contribution is 2.35. The molecule has 0 aliphatic heterocycles. The molecule has 0 aliphatic rings. The summed E-state index contributed by atoms with van der Waals surface area (Å²) in [4.78, 5) is 0. The molecule has 0 atom stereocenters. The largest absolute Gasteiger partial charge is 0.205 e. The number of nitrogens with one attached hydrogen (secondary N) is 1. The maximum atomic E-state index is 4.28. The first-order chi connectivity index (χ1) is 12.8. The van der Waals surface area contributed by atoms with Gasteiger partial charge in [-0.3, -0.25) is 0 Å². The Hall–Kier alpha value is -3.53. The van der Waals surface area contributed by atoms with Gasteiger partial charge in [0, 0.05) is 11.1 Å². The van der Waals surface area contributed by atoms with Crippen molar-refractivity contribution in [1.82, 2.24) is 20.6 Å². The minimum Gasteiger partial charge on any atom is -0.177 e. The maximum absolute atomic E-state index is 4.28. The Labute approximate surface area is 152 Å². The second-order valence-corrected chi connectivity index (χ2v) is 6.08. The van der Waals surface area contributed by atoms with Crippen molar-refractivity contribution in [3.05, 3.63) is 113 Å². The van der Waals surface area contributed by atoms with Crippen LogP contribution in [0, 0.1) is 6.92 Å². The number of hydrogen-bond donors (Lipinski definition) is 1. The molecule has 0 bridgehead atoms. The average Bonchev–Trinajstić information content (AvgIpc) is 3.22. The highest BCUT2D eigenvalue weighted by Gasteiger charge is 2.18. The summed E-state index contributed by atoms with van der Waals surface area (Å²) in [6, 6.07) is 29.0. The lowest BCUT2D eigenvalue weighted by Gasteiger charge is -2.15. The number of nitrogens with zero attached hydrogens (tertiary/aromatic N) is 3. The van der Waals surface area contributed by atoms with Crippen molar-refractivity contribution in [3.8, 4) is 0 Å². The molecule has 0 radical (unpaired) electrons. The lowest BCUT2D eigenvalue weighted by atomic mass is 9.89. The fraction of sp³-hybridized carbons (Fsp3) is 0.0455. The van der Waals surface area contributed by atoms with Crippen LogP contribution in [0.2, 0.25) is 0 Å². The third-order valence-corrected chi connectivity index (χ3v) is 4.28. The van der Waals surface area contributed by atoms with Crippen LogP contribution in [-0.4, -0.2) is 20.6 Å². The summed E-state index contributed by atoms with van der Waals surface area (Å²) in [6.07, 6.45) is 0. The van der Waals surface area contributed by atoms with Gasteiger partial charge in [0.25, 0.3) is 0 Å². The predicted octanol–water partition coefficient (Wildman–Crippen LogP) is 4.52. The Balaban J connectivity index is 2.07. The van der Waals surface area contributed by atoms with Crippen LogP contribution in [0.4, 0.5) is 0 Å². The van der Waals surface area contributed by atoms with Crippen molar-refractivity contribution >= 4 is 11.1 Å². The summed E-state index contributed by atoms with van der Waals surface area (Å²) in [5.74, 6) is 0.579. The molecule has 0 aliphatic carbocycles. The summed E-state index contributed by atoms with van der Waals surface area (Å²) in [5, 5.41) is 14.9. The van der Waals surface area contributed by atoms with E-state index in [-0.39, 0.29) is 0 Å². The molecule has 3 aromatic carbocycles. The van der Waals surface area contributed by atoms with Crippen LogP contribution in [0.25, 0.3) is 11.1 Å². The monoisotopic (exact) mass is 338 g/mol. The maximum Gasteiger partial charge on any atom is 0.205 e. The SMILES string of the molecule is Cc1ccc(/C(=C(\c2ccccc2)c2nn[nH]n2)c2ccccc2)cc1. The third kappa shape index (κ3) is 3.17. The predicted molar refractivity (Wildman–Crippen MR) is 103 cm³/mol. The van der Waals surface area contributed by atoms with Gasteiger partial charge in [0.05, 0.1) is 0 Å². The third-order valence-electron chi connectivity index (χ3n) is 4.28.